The van der Waals surface area contributed by atoms with E-state index in [1.54, 1.807) is 0 Å². The van der Waals surface area contributed by atoms with Gasteiger partial charge in [-0.1, -0.05) is 87.5 Å². The van der Waals surface area contributed by atoms with Crippen molar-refractivity contribution in [2.45, 2.75) is 52.9 Å². The maximum atomic E-state index is 2.32. The summed E-state index contributed by atoms with van der Waals surface area (Å²) >= 11 is 1.92. The zero-order valence-corrected chi connectivity index (χ0v) is 15.6. The molecule has 0 bridgehead atoms. The third-order valence-corrected chi connectivity index (χ3v) is 4.55. The van der Waals surface area contributed by atoms with Gasteiger partial charge in [-0.3, -0.25) is 0 Å². The van der Waals surface area contributed by atoms with Crippen molar-refractivity contribution in [1.82, 2.24) is 0 Å². The average molecular weight is 313 g/mol. The van der Waals surface area contributed by atoms with E-state index in [9.17, 15) is 0 Å². The first-order valence-corrected chi connectivity index (χ1v) is 9.13. The van der Waals surface area contributed by atoms with E-state index in [1.807, 2.05) is 39.5 Å². The van der Waals surface area contributed by atoms with Crippen molar-refractivity contribution in [2.75, 3.05) is 0 Å². The molecule has 0 radical (unpaired) electrons. The molecule has 0 atom stereocenters. The van der Waals surface area contributed by atoms with Gasteiger partial charge in [0.15, 0.2) is 0 Å². The molecular formula is C21H28S. The molecule has 0 fully saturated rings. The van der Waals surface area contributed by atoms with Crippen LogP contribution >= 0.6 is 11.8 Å². The molecule has 0 nitrogen and oxygen atoms in total. The quantitative estimate of drug-likeness (QED) is 0.480. The summed E-state index contributed by atoms with van der Waals surface area (Å²) in [6, 6.07) is 8.69. The topological polar surface area (TPSA) is 0 Å². The molecule has 0 spiro atoms. The Hall–Kier alpha value is -1.47. The number of thioether (sulfide) groups is 1. The van der Waals surface area contributed by atoms with E-state index in [0.29, 0.717) is 0 Å². The predicted octanol–water partition coefficient (Wildman–Crippen LogP) is 7.41. The summed E-state index contributed by atoms with van der Waals surface area (Å²) in [4.78, 5) is 2.85. The van der Waals surface area contributed by atoms with Crippen LogP contribution in [0.15, 0.2) is 69.5 Å². The van der Waals surface area contributed by atoms with E-state index < -0.39 is 0 Å². The summed E-state index contributed by atoms with van der Waals surface area (Å²) in [5.41, 5.74) is 5.49. The van der Waals surface area contributed by atoms with Crippen molar-refractivity contribution in [2.24, 2.45) is 0 Å². The van der Waals surface area contributed by atoms with Gasteiger partial charge in [-0.2, -0.15) is 0 Å². The van der Waals surface area contributed by atoms with Crippen molar-refractivity contribution >= 4 is 17.3 Å². The number of benzene rings is 1. The fourth-order valence-electron chi connectivity index (χ4n) is 2.51. The summed E-state index contributed by atoms with van der Waals surface area (Å²) in [6.45, 7) is 12.3. The van der Waals surface area contributed by atoms with Crippen molar-refractivity contribution in [3.63, 3.8) is 0 Å². The number of hydrogen-bond donors (Lipinski definition) is 0. The van der Waals surface area contributed by atoms with Gasteiger partial charge in [-0.15, -0.1) is 0 Å². The monoisotopic (exact) mass is 312 g/mol. The maximum Gasteiger partial charge on any atom is 0.0198 e. The maximum absolute atomic E-state index is 2.32. The molecule has 0 unspecified atom stereocenters. The number of fused-ring (bicyclic) bond motifs is 1. The summed E-state index contributed by atoms with van der Waals surface area (Å²) in [6.07, 6.45) is 10.1. The summed E-state index contributed by atoms with van der Waals surface area (Å²) in [7, 11) is 0. The van der Waals surface area contributed by atoms with Crippen molar-refractivity contribution in [3.8, 4) is 0 Å². The van der Waals surface area contributed by atoms with E-state index in [-0.39, 0.29) is 0 Å². The molecule has 1 heterocycles. The Labute approximate surface area is 140 Å². The minimum absolute atomic E-state index is 1.04. The second kappa shape index (κ2) is 9.53. The molecule has 0 saturated carbocycles. The molecule has 0 aromatic heterocycles. The zero-order valence-electron chi connectivity index (χ0n) is 14.7. The van der Waals surface area contributed by atoms with E-state index in [0.717, 1.165) is 6.42 Å². The summed E-state index contributed by atoms with van der Waals surface area (Å²) in [5, 5.41) is 0. The van der Waals surface area contributed by atoms with Gasteiger partial charge in [0, 0.05) is 9.80 Å². The molecule has 22 heavy (non-hydrogen) atoms. The van der Waals surface area contributed by atoms with Gasteiger partial charge in [0.2, 0.25) is 0 Å². The Balaban J connectivity index is 0.000000561. The molecule has 1 aromatic rings. The van der Waals surface area contributed by atoms with E-state index >= 15 is 0 Å². The Morgan fingerprint density at radius 3 is 2.41 bits per heavy atom. The first-order valence-electron chi connectivity index (χ1n) is 8.31. The van der Waals surface area contributed by atoms with E-state index in [1.165, 1.54) is 32.1 Å². The lowest BCUT2D eigenvalue weighted by Crippen LogP contribution is -1.99. The van der Waals surface area contributed by atoms with Crippen LogP contribution in [0.5, 0.6) is 0 Å². The molecule has 3 rings (SSSR count). The van der Waals surface area contributed by atoms with Crippen LogP contribution in [0.25, 0.3) is 5.57 Å². The van der Waals surface area contributed by atoms with Gasteiger partial charge in [-0.25, -0.2) is 0 Å². The highest BCUT2D eigenvalue weighted by molar-refractivity contribution is 8.03. The predicted molar refractivity (Wildman–Crippen MR) is 103 cm³/mol. The molecule has 2 aliphatic rings. The molecule has 0 N–H and O–H groups in total. The normalized spacial score (nSPS) is 17.2. The van der Waals surface area contributed by atoms with Gasteiger partial charge in [0.1, 0.15) is 0 Å². The Kier molecular flexibility index (Phi) is 8.05. The van der Waals surface area contributed by atoms with E-state index in [4.69, 9.17) is 0 Å². The van der Waals surface area contributed by atoms with Gasteiger partial charge in [0.25, 0.3) is 0 Å². The van der Waals surface area contributed by atoms with Gasteiger partial charge < -0.3 is 0 Å². The largest absolute Gasteiger partial charge is 0.0929 e. The smallest absolute Gasteiger partial charge is 0.0198 e. The molecular weight excluding hydrogens is 284 g/mol. The summed E-state index contributed by atoms with van der Waals surface area (Å²) in [5.74, 6) is 0. The number of rotatable bonds is 0. The Bertz CT molecular complexity index is 613. The van der Waals surface area contributed by atoms with Gasteiger partial charge in [-0.05, 0) is 43.0 Å². The Morgan fingerprint density at radius 2 is 1.73 bits per heavy atom. The fraction of sp³-hybridized carbons (Fsp3) is 0.333. The lowest BCUT2D eigenvalue weighted by molar-refractivity contribution is 1.29. The minimum Gasteiger partial charge on any atom is -0.0929 e. The van der Waals surface area contributed by atoms with Gasteiger partial charge in [0.05, 0.1) is 0 Å². The summed E-state index contributed by atoms with van der Waals surface area (Å²) < 4.78 is 0. The highest BCUT2D eigenvalue weighted by Gasteiger charge is 2.21. The first kappa shape index (κ1) is 18.6. The second-order valence-corrected chi connectivity index (χ2v) is 5.77. The first-order chi connectivity index (χ1) is 10.8. The average Bonchev–Trinajstić information content (AvgIpc) is 2.77. The number of hydrogen-bond acceptors (Lipinski definition) is 1. The van der Waals surface area contributed by atoms with Crippen LogP contribution in [0.4, 0.5) is 0 Å². The number of allylic oxidation sites excluding steroid dienone is 8. The van der Waals surface area contributed by atoms with Crippen LogP contribution in [0.2, 0.25) is 0 Å². The third-order valence-electron chi connectivity index (χ3n) is 3.35. The highest BCUT2D eigenvalue weighted by atomic mass is 32.2. The van der Waals surface area contributed by atoms with Crippen molar-refractivity contribution < 1.29 is 0 Å². The van der Waals surface area contributed by atoms with Crippen LogP contribution < -0.4 is 0 Å². The molecule has 118 valence electrons. The standard InChI is InChI=1S/C17H16S.2C2H6/c1-3-13-14-8-4-5-9-16(14)18-17-10-6-7-12(2)11-15(13)17;2*1-2/h3-9,11H,10H2,1-2H3;2*1-2H3/b13-3-;;. The SMILES string of the molecule is C/C=C1\C2=C(CC=CC(C)=C2)Sc2ccccc21.CC.CC. The van der Waals surface area contributed by atoms with Crippen LogP contribution in [0.1, 0.15) is 53.5 Å². The lowest BCUT2D eigenvalue weighted by Gasteiger charge is -2.22. The highest BCUT2D eigenvalue weighted by Crippen LogP contribution is 2.47. The molecule has 1 aromatic carbocycles. The zero-order chi connectivity index (χ0) is 16.5. The molecule has 0 saturated heterocycles. The molecule has 1 aliphatic carbocycles. The lowest BCUT2D eigenvalue weighted by atomic mass is 9.95. The third kappa shape index (κ3) is 4.04. The van der Waals surface area contributed by atoms with Crippen LogP contribution in [0, 0.1) is 0 Å². The van der Waals surface area contributed by atoms with Crippen molar-refractivity contribution in [3.05, 3.63) is 70.2 Å². The van der Waals surface area contributed by atoms with Gasteiger partial charge >= 0.3 is 0 Å². The Morgan fingerprint density at radius 1 is 1.05 bits per heavy atom. The van der Waals surface area contributed by atoms with Crippen LogP contribution in [-0.4, -0.2) is 0 Å². The van der Waals surface area contributed by atoms with Crippen LogP contribution in [0.3, 0.4) is 0 Å². The molecule has 0 amide bonds. The molecule has 1 heteroatoms. The second-order valence-electron chi connectivity index (χ2n) is 4.63. The minimum atomic E-state index is 1.04. The van der Waals surface area contributed by atoms with E-state index in [2.05, 4.69) is 62.4 Å². The fourth-order valence-corrected chi connectivity index (χ4v) is 3.67. The van der Waals surface area contributed by atoms with Crippen molar-refractivity contribution in [1.29, 1.82) is 0 Å². The molecule has 1 aliphatic heterocycles. The van der Waals surface area contributed by atoms with Crippen LogP contribution in [-0.2, 0) is 0 Å².